The Morgan fingerprint density at radius 3 is 2.65 bits per heavy atom. The Hall–Kier alpha value is -3.23. The summed E-state index contributed by atoms with van der Waals surface area (Å²) >= 11 is 2.84. The molecule has 0 aliphatic rings. The quantitative estimate of drug-likeness (QED) is 0.427. The van der Waals surface area contributed by atoms with Gasteiger partial charge in [-0.15, -0.1) is 22.7 Å². The number of carbonyl (C=O) groups excluding carboxylic acids is 1. The lowest BCUT2D eigenvalue weighted by atomic mass is 10.2. The van der Waals surface area contributed by atoms with Gasteiger partial charge in [-0.05, 0) is 37.6 Å². The third kappa shape index (κ3) is 4.92. The number of hydrogen-bond donors (Lipinski definition) is 2. The zero-order chi connectivity index (χ0) is 21.8. The number of H-pyrrole nitrogens is 1. The molecule has 3 aromatic heterocycles. The Labute approximate surface area is 187 Å². The van der Waals surface area contributed by atoms with E-state index in [4.69, 9.17) is 4.74 Å². The second-order valence-corrected chi connectivity index (χ2v) is 9.32. The molecule has 8 heteroatoms. The number of pyridine rings is 1. The second-order valence-electron chi connectivity index (χ2n) is 6.95. The smallest absolute Gasteiger partial charge is 0.263 e. The Bertz CT molecular complexity index is 1260. The Morgan fingerprint density at radius 1 is 1.10 bits per heavy atom. The molecule has 0 unspecified atom stereocenters. The first-order valence-corrected chi connectivity index (χ1v) is 11.3. The molecule has 0 saturated heterocycles. The lowest BCUT2D eigenvalue weighted by Gasteiger charge is -2.09. The Kier molecular flexibility index (Phi) is 6.29. The van der Waals surface area contributed by atoms with E-state index in [1.165, 1.54) is 16.2 Å². The maximum Gasteiger partial charge on any atom is 0.263 e. The number of ether oxygens (including phenoxy) is 1. The van der Waals surface area contributed by atoms with Gasteiger partial charge in [0.05, 0.1) is 12.2 Å². The molecule has 4 aromatic rings. The molecular formula is C23H21N3O3S2. The number of benzene rings is 1. The zero-order valence-corrected chi connectivity index (χ0v) is 18.7. The summed E-state index contributed by atoms with van der Waals surface area (Å²) in [7, 11) is 0. The van der Waals surface area contributed by atoms with Crippen molar-refractivity contribution in [2.75, 3.05) is 0 Å². The van der Waals surface area contributed by atoms with Gasteiger partial charge in [-0.2, -0.15) is 0 Å². The fraction of sp³-hybridized carbons (Fsp3) is 0.174. The number of rotatable bonds is 7. The Morgan fingerprint density at radius 2 is 1.90 bits per heavy atom. The van der Waals surface area contributed by atoms with Gasteiger partial charge in [0.1, 0.15) is 27.8 Å². The topological polar surface area (TPSA) is 84.1 Å². The average Bonchev–Trinajstić information content (AvgIpc) is 3.36. The summed E-state index contributed by atoms with van der Waals surface area (Å²) in [4.78, 5) is 35.3. The van der Waals surface area contributed by atoms with Crippen LogP contribution in [0.5, 0.6) is 5.75 Å². The molecule has 0 aliphatic heterocycles. The van der Waals surface area contributed by atoms with Gasteiger partial charge in [0.15, 0.2) is 0 Å². The van der Waals surface area contributed by atoms with Crippen molar-refractivity contribution in [3.05, 3.63) is 91.0 Å². The molecule has 2 N–H and O–H groups in total. The molecule has 31 heavy (non-hydrogen) atoms. The van der Waals surface area contributed by atoms with E-state index >= 15 is 0 Å². The van der Waals surface area contributed by atoms with Gasteiger partial charge in [0, 0.05) is 16.0 Å². The second kappa shape index (κ2) is 9.28. The molecule has 0 fully saturated rings. The maximum atomic E-state index is 12.7. The van der Waals surface area contributed by atoms with Crippen LogP contribution >= 0.6 is 22.7 Å². The molecule has 3 heterocycles. The number of hydrogen-bond acceptors (Lipinski definition) is 6. The van der Waals surface area contributed by atoms with Crippen molar-refractivity contribution in [3.8, 4) is 16.3 Å². The van der Waals surface area contributed by atoms with Crippen LogP contribution in [0.4, 0.5) is 0 Å². The highest BCUT2D eigenvalue weighted by Crippen LogP contribution is 2.32. The van der Waals surface area contributed by atoms with Crippen LogP contribution in [-0.4, -0.2) is 15.9 Å². The van der Waals surface area contributed by atoms with E-state index in [-0.39, 0.29) is 11.5 Å². The number of thiazole rings is 1. The number of carbonyl (C=O) groups is 1. The fourth-order valence-electron chi connectivity index (χ4n) is 3.06. The van der Waals surface area contributed by atoms with Crippen molar-refractivity contribution in [1.82, 2.24) is 15.3 Å². The number of aryl methyl sites for hydroxylation is 2. The molecule has 0 saturated carbocycles. The van der Waals surface area contributed by atoms with Gasteiger partial charge < -0.3 is 15.0 Å². The number of aromatic nitrogens is 2. The number of amides is 1. The molecule has 0 aliphatic carbocycles. The summed E-state index contributed by atoms with van der Waals surface area (Å²) in [5.74, 6) is 0.230. The lowest BCUT2D eigenvalue weighted by molar-refractivity contribution is 0.0954. The summed E-state index contributed by atoms with van der Waals surface area (Å²) in [6.07, 6.45) is 1.54. The summed E-state index contributed by atoms with van der Waals surface area (Å²) < 4.78 is 5.92. The molecule has 1 amide bonds. The van der Waals surface area contributed by atoms with Crippen LogP contribution in [0.25, 0.3) is 10.6 Å². The van der Waals surface area contributed by atoms with Crippen LogP contribution < -0.4 is 15.6 Å². The van der Waals surface area contributed by atoms with Crippen LogP contribution in [-0.2, 0) is 13.2 Å². The minimum Gasteiger partial charge on any atom is -0.488 e. The van der Waals surface area contributed by atoms with E-state index in [0.29, 0.717) is 40.0 Å². The number of nitrogens with zero attached hydrogens (tertiary/aromatic N) is 1. The summed E-state index contributed by atoms with van der Waals surface area (Å²) in [5.41, 5.74) is 1.60. The molecule has 0 atom stereocenters. The molecular weight excluding hydrogens is 430 g/mol. The molecule has 0 bridgehead atoms. The van der Waals surface area contributed by atoms with Gasteiger partial charge in [0.25, 0.3) is 11.5 Å². The predicted molar refractivity (Wildman–Crippen MR) is 124 cm³/mol. The first-order chi connectivity index (χ1) is 15.0. The molecule has 0 radical (unpaired) electrons. The third-order valence-electron chi connectivity index (χ3n) is 4.60. The number of thiophene rings is 1. The molecule has 0 spiro atoms. The van der Waals surface area contributed by atoms with E-state index in [9.17, 15) is 9.59 Å². The van der Waals surface area contributed by atoms with Crippen LogP contribution in [0.3, 0.4) is 0 Å². The lowest BCUT2D eigenvalue weighted by Crippen LogP contribution is -2.22. The van der Waals surface area contributed by atoms with Crippen molar-refractivity contribution in [2.45, 2.75) is 27.0 Å². The summed E-state index contributed by atoms with van der Waals surface area (Å²) in [6, 6.07) is 15.5. The SMILES string of the molecule is Cc1ccc(CNC(=O)c2sc(-c3c(OCc4ccccc4)cc[nH]c3=O)nc2C)s1. The van der Waals surface area contributed by atoms with Crippen molar-refractivity contribution in [2.24, 2.45) is 0 Å². The van der Waals surface area contributed by atoms with Gasteiger partial charge in [0.2, 0.25) is 0 Å². The average molecular weight is 452 g/mol. The van der Waals surface area contributed by atoms with Crippen molar-refractivity contribution in [1.29, 1.82) is 0 Å². The van der Waals surface area contributed by atoms with Crippen LogP contribution in [0.2, 0.25) is 0 Å². The van der Waals surface area contributed by atoms with Crippen molar-refractivity contribution < 1.29 is 9.53 Å². The van der Waals surface area contributed by atoms with Gasteiger partial charge >= 0.3 is 0 Å². The fourth-order valence-corrected chi connectivity index (χ4v) is 4.92. The van der Waals surface area contributed by atoms with Gasteiger partial charge in [-0.1, -0.05) is 30.3 Å². The standard InChI is InChI=1S/C23H21N3O3S2/c1-14-8-9-17(30-14)12-25-22(28)20-15(2)26-23(31-20)19-18(10-11-24-21(19)27)29-13-16-6-4-3-5-7-16/h3-11H,12-13H2,1-2H3,(H,24,27)(H,25,28). The summed E-state index contributed by atoms with van der Waals surface area (Å²) in [5, 5.41) is 3.39. The minimum atomic E-state index is -0.305. The van der Waals surface area contributed by atoms with E-state index in [2.05, 4.69) is 15.3 Å². The highest BCUT2D eigenvalue weighted by Gasteiger charge is 2.21. The monoisotopic (exact) mass is 451 g/mol. The molecule has 1 aromatic carbocycles. The molecule has 6 nitrogen and oxygen atoms in total. The number of nitrogens with one attached hydrogen (secondary N) is 2. The van der Waals surface area contributed by atoms with E-state index in [1.807, 2.05) is 49.4 Å². The number of aromatic amines is 1. The normalized spacial score (nSPS) is 10.8. The largest absolute Gasteiger partial charge is 0.488 e. The van der Waals surface area contributed by atoms with Crippen LogP contribution in [0.1, 0.15) is 30.7 Å². The van der Waals surface area contributed by atoms with Crippen molar-refractivity contribution in [3.63, 3.8) is 0 Å². The van der Waals surface area contributed by atoms with Crippen LogP contribution in [0.15, 0.2) is 59.5 Å². The zero-order valence-electron chi connectivity index (χ0n) is 17.1. The summed E-state index contributed by atoms with van der Waals surface area (Å²) in [6.45, 7) is 4.59. The van der Waals surface area contributed by atoms with Crippen molar-refractivity contribution >= 4 is 28.6 Å². The van der Waals surface area contributed by atoms with E-state index < -0.39 is 0 Å². The maximum absolute atomic E-state index is 12.7. The molecule has 4 rings (SSSR count). The predicted octanol–water partition coefficient (Wildman–Crippen LogP) is 4.69. The van der Waals surface area contributed by atoms with E-state index in [1.54, 1.807) is 30.5 Å². The first-order valence-electron chi connectivity index (χ1n) is 9.71. The molecule has 158 valence electrons. The third-order valence-corrected chi connectivity index (χ3v) is 6.77. The van der Waals surface area contributed by atoms with Gasteiger partial charge in [-0.25, -0.2) is 4.98 Å². The highest BCUT2D eigenvalue weighted by molar-refractivity contribution is 7.17. The van der Waals surface area contributed by atoms with Crippen LogP contribution in [0, 0.1) is 13.8 Å². The van der Waals surface area contributed by atoms with Gasteiger partial charge in [-0.3, -0.25) is 9.59 Å². The first kappa shape index (κ1) is 21.0. The Balaban J connectivity index is 1.56. The highest BCUT2D eigenvalue weighted by atomic mass is 32.1. The van der Waals surface area contributed by atoms with E-state index in [0.717, 1.165) is 10.4 Å². The minimum absolute atomic E-state index is 0.202.